The zero-order valence-electron chi connectivity index (χ0n) is 35.2. The third-order valence-corrected chi connectivity index (χ3v) is 21.6. The second kappa shape index (κ2) is 14.2. The fraction of sp³-hybridized carbons (Fsp3) is 0. The van der Waals surface area contributed by atoms with E-state index in [0.717, 1.165) is 0 Å². The molecular weight excluding hydrogens is 841 g/mol. The summed E-state index contributed by atoms with van der Waals surface area (Å²) in [5.74, 6) is 0. The van der Waals surface area contributed by atoms with Crippen molar-refractivity contribution in [3.63, 3.8) is 0 Å². The molecule has 14 aromatic rings. The minimum atomic E-state index is -3.09. The molecule has 4 heterocycles. The molecular formula is C60H38N2S2Si. The Bertz CT molecular complexity index is 3810. The third kappa shape index (κ3) is 5.14. The van der Waals surface area contributed by atoms with Crippen LogP contribution in [0.15, 0.2) is 231 Å². The van der Waals surface area contributed by atoms with E-state index in [-0.39, 0.29) is 0 Å². The lowest BCUT2D eigenvalue weighted by Crippen LogP contribution is -2.74. The SMILES string of the molecule is c1ccc([Si](c2ccccc2)(c2cccc3c2sc2c(-n4c5ccccc5c5ccccc54)cccc23)c2cccc3c2sc2c(-n4c5ccccc5c5ccccc54)cccc23)cc1. The molecule has 304 valence electrons. The first-order valence-electron chi connectivity index (χ1n) is 22.3. The molecule has 0 unspecified atom stereocenters. The van der Waals surface area contributed by atoms with Crippen LogP contribution in [0.25, 0.3) is 95.3 Å². The van der Waals surface area contributed by atoms with Gasteiger partial charge in [-0.05, 0) is 57.1 Å². The van der Waals surface area contributed by atoms with Gasteiger partial charge in [0.1, 0.15) is 0 Å². The van der Waals surface area contributed by atoms with Gasteiger partial charge >= 0.3 is 0 Å². The quantitative estimate of drug-likeness (QED) is 0.116. The van der Waals surface area contributed by atoms with Crippen molar-refractivity contribution in [3.05, 3.63) is 231 Å². The van der Waals surface area contributed by atoms with Crippen molar-refractivity contribution >= 4 is 135 Å². The Morgan fingerprint density at radius 2 is 0.538 bits per heavy atom. The Labute approximate surface area is 384 Å². The monoisotopic (exact) mass is 878 g/mol. The Morgan fingerprint density at radius 3 is 0.908 bits per heavy atom. The average Bonchev–Trinajstić information content (AvgIpc) is 4.14. The Morgan fingerprint density at radius 1 is 0.246 bits per heavy atom. The van der Waals surface area contributed by atoms with Crippen molar-refractivity contribution in [2.45, 2.75) is 0 Å². The van der Waals surface area contributed by atoms with Crippen molar-refractivity contribution in [2.24, 2.45) is 0 Å². The lowest BCUT2D eigenvalue weighted by atomic mass is 10.1. The molecule has 0 atom stereocenters. The van der Waals surface area contributed by atoms with Crippen LogP contribution in [0.5, 0.6) is 0 Å². The largest absolute Gasteiger partial charge is 0.308 e. The maximum absolute atomic E-state index is 3.09. The predicted molar refractivity (Wildman–Crippen MR) is 285 cm³/mol. The summed E-state index contributed by atoms with van der Waals surface area (Å²) >= 11 is 3.94. The number of nitrogens with zero attached hydrogens (tertiary/aromatic N) is 2. The van der Waals surface area contributed by atoms with E-state index in [9.17, 15) is 0 Å². The molecule has 0 saturated carbocycles. The average molecular weight is 879 g/mol. The summed E-state index contributed by atoms with van der Waals surface area (Å²) in [4.78, 5) is 0. The molecule has 0 amide bonds. The van der Waals surface area contributed by atoms with Crippen LogP contribution in [0.1, 0.15) is 0 Å². The molecule has 0 spiro atoms. The Hall–Kier alpha value is -7.54. The maximum atomic E-state index is 2.49. The number of rotatable bonds is 6. The first kappa shape index (κ1) is 36.9. The summed E-state index contributed by atoms with van der Waals surface area (Å²) in [6.07, 6.45) is 0. The van der Waals surface area contributed by atoms with Crippen LogP contribution in [-0.4, -0.2) is 17.2 Å². The van der Waals surface area contributed by atoms with Gasteiger partial charge in [0.2, 0.25) is 0 Å². The van der Waals surface area contributed by atoms with Crippen LogP contribution < -0.4 is 20.7 Å². The van der Waals surface area contributed by atoms with Gasteiger partial charge in [0, 0.05) is 52.5 Å². The third-order valence-electron chi connectivity index (χ3n) is 13.9. The number of fused-ring (bicyclic) bond motifs is 12. The first-order chi connectivity index (χ1) is 32.3. The zero-order chi connectivity index (χ0) is 42.6. The molecule has 0 N–H and O–H groups in total. The van der Waals surface area contributed by atoms with E-state index in [0.29, 0.717) is 0 Å². The summed E-state index contributed by atoms with van der Waals surface area (Å²) in [7, 11) is -3.09. The highest BCUT2D eigenvalue weighted by molar-refractivity contribution is 7.34. The standard InChI is InChI=1S/C60H38N2S2Si/c1-3-19-39(20-4-1)65(40-21-5-2-6-22-40,55-37-17-29-47-45-27-15-35-53(57(45)63-59(47)55)61-49-31-11-7-23-41(49)42-24-8-12-32-50(42)61)56-38-18-30-48-46-28-16-36-54(58(46)64-60(48)56)62-51-33-13-9-25-43(51)44-26-10-14-34-52(44)62/h1-38H. The van der Waals surface area contributed by atoms with E-state index in [1.807, 2.05) is 22.7 Å². The number of benzene rings is 10. The maximum Gasteiger partial charge on any atom is 0.182 e. The molecule has 0 bridgehead atoms. The Kier molecular flexibility index (Phi) is 8.08. The minimum absolute atomic E-state index is 1.22. The smallest absolute Gasteiger partial charge is 0.182 e. The van der Waals surface area contributed by atoms with Crippen LogP contribution in [0.3, 0.4) is 0 Å². The number of para-hydroxylation sites is 4. The first-order valence-corrected chi connectivity index (χ1v) is 25.9. The second-order valence-electron chi connectivity index (χ2n) is 17.1. The molecule has 10 aromatic carbocycles. The highest BCUT2D eigenvalue weighted by Gasteiger charge is 2.44. The van der Waals surface area contributed by atoms with Crippen LogP contribution in [-0.2, 0) is 0 Å². The molecule has 0 aliphatic heterocycles. The molecule has 0 aliphatic rings. The highest BCUT2D eigenvalue weighted by atomic mass is 32.1. The van der Waals surface area contributed by atoms with Crippen molar-refractivity contribution < 1.29 is 0 Å². The van der Waals surface area contributed by atoms with E-state index in [1.54, 1.807) is 0 Å². The minimum Gasteiger partial charge on any atom is -0.308 e. The number of hydrogen-bond acceptors (Lipinski definition) is 2. The second-order valence-corrected chi connectivity index (χ2v) is 22.9. The highest BCUT2D eigenvalue weighted by Crippen LogP contribution is 2.43. The van der Waals surface area contributed by atoms with Crippen molar-refractivity contribution in [2.75, 3.05) is 0 Å². The molecule has 0 saturated heterocycles. The van der Waals surface area contributed by atoms with Crippen molar-refractivity contribution in [3.8, 4) is 11.4 Å². The predicted octanol–water partition coefficient (Wildman–Crippen LogP) is 14.0. The van der Waals surface area contributed by atoms with Gasteiger partial charge in [0.05, 0.1) is 42.8 Å². The van der Waals surface area contributed by atoms with Crippen LogP contribution >= 0.6 is 22.7 Å². The van der Waals surface area contributed by atoms with Gasteiger partial charge in [-0.15, -0.1) is 22.7 Å². The van der Waals surface area contributed by atoms with Gasteiger partial charge in [-0.25, -0.2) is 0 Å². The van der Waals surface area contributed by atoms with E-state index in [1.165, 1.54) is 116 Å². The molecule has 4 aromatic heterocycles. The van der Waals surface area contributed by atoms with Gasteiger partial charge in [-0.2, -0.15) is 0 Å². The van der Waals surface area contributed by atoms with Gasteiger partial charge in [0.25, 0.3) is 0 Å². The van der Waals surface area contributed by atoms with Crippen LogP contribution in [0.2, 0.25) is 0 Å². The summed E-state index contributed by atoms with van der Waals surface area (Å²) in [5.41, 5.74) is 7.37. The van der Waals surface area contributed by atoms with E-state index < -0.39 is 8.07 Å². The molecule has 2 nitrogen and oxygen atoms in total. The summed E-state index contributed by atoms with van der Waals surface area (Å²) in [6.45, 7) is 0. The van der Waals surface area contributed by atoms with Crippen molar-refractivity contribution in [1.29, 1.82) is 0 Å². The number of aromatic nitrogens is 2. The summed E-state index contributed by atoms with van der Waals surface area (Å²) in [6, 6.07) is 86.6. The fourth-order valence-electron chi connectivity index (χ4n) is 11.2. The topological polar surface area (TPSA) is 9.86 Å². The van der Waals surface area contributed by atoms with E-state index in [4.69, 9.17) is 0 Å². The van der Waals surface area contributed by atoms with Crippen LogP contribution in [0.4, 0.5) is 0 Å². The molecule has 5 heteroatoms. The molecule has 0 aliphatic carbocycles. The lowest BCUT2D eigenvalue weighted by molar-refractivity contribution is 1.20. The van der Waals surface area contributed by atoms with Crippen LogP contribution in [0, 0.1) is 0 Å². The summed E-state index contributed by atoms with van der Waals surface area (Å²) < 4.78 is 10.3. The molecule has 0 fully saturated rings. The van der Waals surface area contributed by atoms with E-state index >= 15 is 0 Å². The number of hydrogen-bond donors (Lipinski definition) is 0. The van der Waals surface area contributed by atoms with Gasteiger partial charge in [-0.1, -0.05) is 194 Å². The molecule has 65 heavy (non-hydrogen) atoms. The van der Waals surface area contributed by atoms with E-state index in [2.05, 4.69) is 240 Å². The van der Waals surface area contributed by atoms with Gasteiger partial charge in [-0.3, -0.25) is 0 Å². The lowest BCUT2D eigenvalue weighted by Gasteiger charge is -2.35. The summed E-state index contributed by atoms with van der Waals surface area (Å²) in [5, 5.41) is 15.9. The van der Waals surface area contributed by atoms with Gasteiger partial charge in [0.15, 0.2) is 8.07 Å². The number of thiophene rings is 2. The zero-order valence-corrected chi connectivity index (χ0v) is 37.8. The Balaban J connectivity index is 1.10. The van der Waals surface area contributed by atoms with Crippen molar-refractivity contribution in [1.82, 2.24) is 9.13 Å². The fourth-order valence-corrected chi connectivity index (χ4v) is 19.8. The normalized spacial score (nSPS) is 12.3. The molecule has 0 radical (unpaired) electrons. The van der Waals surface area contributed by atoms with Gasteiger partial charge < -0.3 is 9.13 Å². The molecule has 14 rings (SSSR count).